The Morgan fingerprint density at radius 3 is 1.51 bits per heavy atom. The third-order valence-corrected chi connectivity index (χ3v) is 6.65. The van der Waals surface area contributed by atoms with E-state index in [1.54, 1.807) is 0 Å². The van der Waals surface area contributed by atoms with Crippen LogP contribution in [-0.4, -0.2) is 9.55 Å². The summed E-state index contributed by atoms with van der Waals surface area (Å²) in [5, 5.41) is 0. The van der Waals surface area contributed by atoms with Crippen molar-refractivity contribution in [1.82, 2.24) is 9.55 Å². The van der Waals surface area contributed by atoms with Gasteiger partial charge in [0.1, 0.15) is 5.82 Å². The molecule has 1 heterocycles. The zero-order chi connectivity index (χ0) is 24.4. The molecule has 1 aromatic heterocycles. The lowest BCUT2D eigenvalue weighted by molar-refractivity contribution is 0.807. The number of hydrogen-bond donors (Lipinski definition) is 0. The van der Waals surface area contributed by atoms with Gasteiger partial charge in [-0.2, -0.15) is 0 Å². The fourth-order valence-electron chi connectivity index (χ4n) is 4.78. The molecule has 0 aliphatic carbocycles. The van der Waals surface area contributed by atoms with Crippen LogP contribution >= 0.6 is 0 Å². The van der Waals surface area contributed by atoms with Crippen LogP contribution in [0.15, 0.2) is 109 Å². The van der Waals surface area contributed by atoms with Gasteiger partial charge in [-0.3, -0.25) is 4.57 Å². The van der Waals surface area contributed by atoms with Crippen LogP contribution < -0.4 is 0 Å². The van der Waals surface area contributed by atoms with E-state index in [-0.39, 0.29) is 0 Å². The lowest BCUT2D eigenvalue weighted by atomic mass is 9.88. The first kappa shape index (κ1) is 22.9. The predicted octanol–water partition coefficient (Wildman–Crippen LogP) is 9.12. The van der Waals surface area contributed by atoms with Crippen molar-refractivity contribution in [2.75, 3.05) is 0 Å². The van der Waals surface area contributed by atoms with Gasteiger partial charge in [-0.25, -0.2) is 4.98 Å². The summed E-state index contributed by atoms with van der Waals surface area (Å²) in [5.41, 5.74) is 10.0. The van der Waals surface area contributed by atoms with E-state index < -0.39 is 0 Å². The van der Waals surface area contributed by atoms with Crippen molar-refractivity contribution in [3.8, 4) is 39.3 Å². The number of imidazole rings is 1. The second kappa shape index (κ2) is 9.76. The van der Waals surface area contributed by atoms with Crippen LogP contribution in [0.5, 0.6) is 0 Å². The Kier molecular flexibility index (Phi) is 6.37. The van der Waals surface area contributed by atoms with Crippen LogP contribution in [-0.2, 0) is 0 Å². The van der Waals surface area contributed by atoms with E-state index in [0.29, 0.717) is 11.8 Å². The van der Waals surface area contributed by atoms with Crippen LogP contribution in [0.3, 0.4) is 0 Å². The van der Waals surface area contributed by atoms with Gasteiger partial charge >= 0.3 is 0 Å². The topological polar surface area (TPSA) is 17.8 Å². The molecular weight excluding hydrogens is 424 g/mol. The van der Waals surface area contributed by atoms with Gasteiger partial charge in [-0.05, 0) is 57.3 Å². The minimum Gasteiger partial charge on any atom is -0.299 e. The van der Waals surface area contributed by atoms with E-state index in [2.05, 4.69) is 136 Å². The second-order valence-electron chi connectivity index (χ2n) is 9.74. The number of hydrogen-bond acceptors (Lipinski definition) is 1. The summed E-state index contributed by atoms with van der Waals surface area (Å²) in [6, 6.07) is 34.7. The zero-order valence-corrected chi connectivity index (χ0v) is 20.9. The van der Waals surface area contributed by atoms with Crippen LogP contribution in [0.1, 0.15) is 50.7 Å². The Hall–Kier alpha value is -3.91. The molecule has 0 amide bonds. The van der Waals surface area contributed by atoms with Crippen molar-refractivity contribution in [2.24, 2.45) is 0 Å². The van der Waals surface area contributed by atoms with Crippen molar-refractivity contribution in [1.29, 1.82) is 0 Å². The van der Waals surface area contributed by atoms with Crippen molar-refractivity contribution >= 4 is 0 Å². The predicted molar refractivity (Wildman–Crippen MR) is 148 cm³/mol. The van der Waals surface area contributed by atoms with Crippen LogP contribution in [0.4, 0.5) is 0 Å². The number of nitrogens with zero attached hydrogens (tertiary/aromatic N) is 2. The molecule has 0 N–H and O–H groups in total. The molecule has 0 radical (unpaired) electrons. The minimum absolute atomic E-state index is 0.377. The zero-order valence-electron chi connectivity index (χ0n) is 20.9. The average Bonchev–Trinajstić information content (AvgIpc) is 3.38. The molecule has 4 aromatic carbocycles. The van der Waals surface area contributed by atoms with E-state index in [4.69, 9.17) is 4.98 Å². The highest BCUT2D eigenvalue weighted by atomic mass is 15.1. The first-order valence-corrected chi connectivity index (χ1v) is 12.5. The SMILES string of the molecule is CC(C)c1cc(-c2ccccc2)cc(C(C)C)c1-n1ccnc1-c1ccc(-c2ccccc2)cc1. The maximum atomic E-state index is 4.81. The molecule has 0 saturated heterocycles. The molecule has 0 aliphatic heterocycles. The highest BCUT2D eigenvalue weighted by molar-refractivity contribution is 5.72. The monoisotopic (exact) mass is 456 g/mol. The lowest BCUT2D eigenvalue weighted by Gasteiger charge is -2.23. The molecular formula is C33H32N2. The lowest BCUT2D eigenvalue weighted by Crippen LogP contribution is -2.08. The molecule has 0 spiro atoms. The summed E-state index contributed by atoms with van der Waals surface area (Å²) in [4.78, 5) is 4.81. The van der Waals surface area contributed by atoms with Gasteiger partial charge in [0.15, 0.2) is 0 Å². The minimum atomic E-state index is 0.377. The van der Waals surface area contributed by atoms with Crippen molar-refractivity contribution in [3.63, 3.8) is 0 Å². The highest BCUT2D eigenvalue weighted by Gasteiger charge is 2.20. The molecule has 0 saturated carbocycles. The van der Waals surface area contributed by atoms with E-state index >= 15 is 0 Å². The Balaban J connectivity index is 1.64. The summed E-state index contributed by atoms with van der Waals surface area (Å²) < 4.78 is 2.29. The van der Waals surface area contributed by atoms with Gasteiger partial charge in [-0.15, -0.1) is 0 Å². The van der Waals surface area contributed by atoms with Crippen LogP contribution in [0.25, 0.3) is 39.3 Å². The molecule has 174 valence electrons. The van der Waals surface area contributed by atoms with Crippen molar-refractivity contribution in [3.05, 3.63) is 121 Å². The highest BCUT2D eigenvalue weighted by Crippen LogP contribution is 2.38. The van der Waals surface area contributed by atoms with Gasteiger partial charge in [-0.1, -0.05) is 113 Å². The molecule has 35 heavy (non-hydrogen) atoms. The molecule has 0 aliphatic rings. The Labute approximate surface area is 208 Å². The third kappa shape index (κ3) is 4.57. The molecule has 5 rings (SSSR count). The van der Waals surface area contributed by atoms with E-state index in [1.807, 2.05) is 6.20 Å². The maximum absolute atomic E-state index is 4.81. The largest absolute Gasteiger partial charge is 0.299 e. The smallest absolute Gasteiger partial charge is 0.144 e. The molecule has 2 nitrogen and oxygen atoms in total. The van der Waals surface area contributed by atoms with Crippen molar-refractivity contribution in [2.45, 2.75) is 39.5 Å². The van der Waals surface area contributed by atoms with Crippen LogP contribution in [0, 0.1) is 0 Å². The van der Waals surface area contributed by atoms with Gasteiger partial charge in [0.25, 0.3) is 0 Å². The molecule has 0 bridgehead atoms. The number of rotatable bonds is 6. The van der Waals surface area contributed by atoms with Gasteiger partial charge in [0.2, 0.25) is 0 Å². The van der Waals surface area contributed by atoms with E-state index in [1.165, 1.54) is 39.1 Å². The number of aromatic nitrogens is 2. The quantitative estimate of drug-likeness (QED) is 0.249. The Bertz CT molecular complexity index is 1380. The van der Waals surface area contributed by atoms with Crippen molar-refractivity contribution < 1.29 is 0 Å². The number of benzene rings is 4. The molecule has 0 fully saturated rings. The summed E-state index contributed by atoms with van der Waals surface area (Å²) in [6.07, 6.45) is 4.02. The Morgan fingerprint density at radius 1 is 0.543 bits per heavy atom. The first-order chi connectivity index (χ1) is 17.0. The molecule has 0 atom stereocenters. The third-order valence-electron chi connectivity index (χ3n) is 6.65. The fraction of sp³-hybridized carbons (Fsp3) is 0.182. The summed E-state index contributed by atoms with van der Waals surface area (Å²) in [5.74, 6) is 1.73. The second-order valence-corrected chi connectivity index (χ2v) is 9.74. The molecule has 5 aromatic rings. The van der Waals surface area contributed by atoms with Gasteiger partial charge in [0.05, 0.1) is 5.69 Å². The average molecular weight is 457 g/mol. The summed E-state index contributed by atoms with van der Waals surface area (Å²) >= 11 is 0. The Morgan fingerprint density at radius 2 is 1.00 bits per heavy atom. The fourth-order valence-corrected chi connectivity index (χ4v) is 4.78. The first-order valence-electron chi connectivity index (χ1n) is 12.5. The van der Waals surface area contributed by atoms with E-state index in [9.17, 15) is 0 Å². The molecule has 0 unspecified atom stereocenters. The summed E-state index contributed by atoms with van der Waals surface area (Å²) in [7, 11) is 0. The van der Waals surface area contributed by atoms with Gasteiger partial charge < -0.3 is 0 Å². The maximum Gasteiger partial charge on any atom is 0.144 e. The normalized spacial score (nSPS) is 11.4. The van der Waals surface area contributed by atoms with Crippen LogP contribution in [0.2, 0.25) is 0 Å². The van der Waals surface area contributed by atoms with Gasteiger partial charge in [0, 0.05) is 18.0 Å². The standard InChI is InChI=1S/C33H32N2/c1-23(2)30-21-29(26-13-9-6-10-14-26)22-31(24(3)4)32(30)35-20-19-34-33(35)28-17-15-27(16-18-28)25-11-7-5-8-12-25/h5-24H,1-4H3. The van der Waals surface area contributed by atoms with E-state index in [0.717, 1.165) is 11.4 Å². The summed E-state index contributed by atoms with van der Waals surface area (Å²) in [6.45, 7) is 9.12. The molecule has 2 heteroatoms.